The lowest BCUT2D eigenvalue weighted by Gasteiger charge is -2.30. The van der Waals surface area contributed by atoms with Gasteiger partial charge >= 0.3 is 0 Å². The number of nitro groups is 1. The number of hydrogen-bond acceptors (Lipinski definition) is 6. The summed E-state index contributed by atoms with van der Waals surface area (Å²) >= 11 is 0. The maximum Gasteiger partial charge on any atom is 0.269 e. The molecule has 0 saturated heterocycles. The zero-order valence-corrected chi connectivity index (χ0v) is 15.2. The number of nitro benzene ring substituents is 1. The normalized spacial score (nSPS) is 18.6. The number of benzene rings is 2. The van der Waals surface area contributed by atoms with Crippen molar-refractivity contribution >= 4 is 17.5 Å². The summed E-state index contributed by atoms with van der Waals surface area (Å²) in [7, 11) is 0. The van der Waals surface area contributed by atoms with Crippen LogP contribution in [0.2, 0.25) is 0 Å². The quantitative estimate of drug-likeness (QED) is 0.595. The van der Waals surface area contributed by atoms with Gasteiger partial charge in [0.1, 0.15) is 5.75 Å². The van der Waals surface area contributed by atoms with Gasteiger partial charge in [-0.05, 0) is 19.1 Å². The van der Waals surface area contributed by atoms with Crippen molar-refractivity contribution in [3.8, 4) is 5.75 Å². The molecular formula is C19H19N3O5. The van der Waals surface area contributed by atoms with Gasteiger partial charge < -0.3 is 9.47 Å². The molecule has 1 atom stereocenters. The van der Waals surface area contributed by atoms with Gasteiger partial charge in [-0.3, -0.25) is 14.9 Å². The highest BCUT2D eigenvalue weighted by Gasteiger charge is 2.45. The van der Waals surface area contributed by atoms with Crippen molar-refractivity contribution in [1.82, 2.24) is 5.01 Å². The number of hydrogen-bond donors (Lipinski definition) is 0. The second kappa shape index (κ2) is 7.06. The lowest BCUT2D eigenvalue weighted by Crippen LogP contribution is -2.41. The molecule has 1 amide bonds. The fraction of sp³-hybridized carbons (Fsp3) is 0.263. The highest BCUT2D eigenvalue weighted by atomic mass is 16.6. The molecular weight excluding hydrogens is 350 g/mol. The lowest BCUT2D eigenvalue weighted by molar-refractivity contribution is -0.385. The van der Waals surface area contributed by atoms with E-state index in [1.54, 1.807) is 19.1 Å². The molecule has 1 heterocycles. The molecule has 8 nitrogen and oxygen atoms in total. The fourth-order valence-electron chi connectivity index (χ4n) is 2.80. The number of carbonyl (C=O) groups excluding carboxylic acids is 1. The van der Waals surface area contributed by atoms with Crippen LogP contribution in [0.5, 0.6) is 5.75 Å². The third-order valence-corrected chi connectivity index (χ3v) is 4.21. The molecule has 0 aromatic heterocycles. The third-order valence-electron chi connectivity index (χ3n) is 4.21. The van der Waals surface area contributed by atoms with E-state index in [2.05, 4.69) is 5.10 Å². The average Bonchev–Trinajstić information content (AvgIpc) is 3.00. The van der Waals surface area contributed by atoms with Crippen molar-refractivity contribution in [2.24, 2.45) is 5.10 Å². The van der Waals surface area contributed by atoms with Crippen molar-refractivity contribution in [2.45, 2.75) is 26.5 Å². The average molecular weight is 369 g/mol. The molecule has 0 bridgehead atoms. The Morgan fingerprint density at radius 3 is 2.63 bits per heavy atom. The SMILES string of the molecule is CC(=O)N1N=C(COc2ccc(C)cc2)OC1(C)c1cccc([N+](=O)[O-])c1. The highest BCUT2D eigenvalue weighted by Crippen LogP contribution is 2.36. The number of ether oxygens (including phenoxy) is 2. The van der Waals surface area contributed by atoms with E-state index < -0.39 is 10.6 Å². The van der Waals surface area contributed by atoms with Gasteiger partial charge in [0.25, 0.3) is 5.69 Å². The van der Waals surface area contributed by atoms with Crippen LogP contribution in [0.3, 0.4) is 0 Å². The van der Waals surface area contributed by atoms with E-state index in [0.717, 1.165) is 5.56 Å². The lowest BCUT2D eigenvalue weighted by atomic mass is 10.0. The van der Waals surface area contributed by atoms with Crippen LogP contribution in [0.25, 0.3) is 0 Å². The Balaban J connectivity index is 1.82. The molecule has 2 aromatic rings. The van der Waals surface area contributed by atoms with E-state index in [4.69, 9.17) is 9.47 Å². The molecule has 27 heavy (non-hydrogen) atoms. The topological polar surface area (TPSA) is 94.3 Å². The van der Waals surface area contributed by atoms with Gasteiger partial charge in [-0.25, -0.2) is 0 Å². The van der Waals surface area contributed by atoms with Crippen molar-refractivity contribution in [2.75, 3.05) is 6.61 Å². The summed E-state index contributed by atoms with van der Waals surface area (Å²) in [5.41, 5.74) is 0.174. The summed E-state index contributed by atoms with van der Waals surface area (Å²) in [6.07, 6.45) is 0. The van der Waals surface area contributed by atoms with Gasteiger partial charge in [0, 0.05) is 31.5 Å². The monoisotopic (exact) mass is 369 g/mol. The maximum atomic E-state index is 12.1. The van der Waals surface area contributed by atoms with Crippen LogP contribution >= 0.6 is 0 Å². The molecule has 0 N–H and O–H groups in total. The summed E-state index contributed by atoms with van der Waals surface area (Å²) < 4.78 is 11.6. The van der Waals surface area contributed by atoms with Crippen LogP contribution in [-0.2, 0) is 15.3 Å². The number of non-ortho nitro benzene ring substituents is 1. The van der Waals surface area contributed by atoms with Crippen molar-refractivity contribution in [1.29, 1.82) is 0 Å². The van der Waals surface area contributed by atoms with Crippen LogP contribution in [0.4, 0.5) is 5.69 Å². The maximum absolute atomic E-state index is 12.1. The number of carbonyl (C=O) groups is 1. The van der Waals surface area contributed by atoms with Crippen LogP contribution in [-0.4, -0.2) is 28.3 Å². The van der Waals surface area contributed by atoms with Crippen molar-refractivity contribution < 1.29 is 19.2 Å². The first kappa shape index (κ1) is 18.4. The van der Waals surface area contributed by atoms with E-state index in [-0.39, 0.29) is 24.1 Å². The minimum atomic E-state index is -1.29. The van der Waals surface area contributed by atoms with Crippen LogP contribution in [0.1, 0.15) is 25.0 Å². The molecule has 1 aliphatic rings. The van der Waals surface area contributed by atoms with Crippen LogP contribution < -0.4 is 4.74 Å². The summed E-state index contributed by atoms with van der Waals surface area (Å²) in [4.78, 5) is 22.6. The Bertz CT molecular complexity index is 910. The predicted molar refractivity (Wildman–Crippen MR) is 98.2 cm³/mol. The second-order valence-corrected chi connectivity index (χ2v) is 6.32. The van der Waals surface area contributed by atoms with Gasteiger partial charge in [-0.1, -0.05) is 29.8 Å². The first-order valence-electron chi connectivity index (χ1n) is 8.31. The Hall–Kier alpha value is -3.42. The standard InChI is InChI=1S/C19H19N3O5/c1-13-7-9-17(10-8-13)26-12-18-20-21(14(2)23)19(3,27-18)15-5-4-6-16(11-15)22(24)25/h4-11H,12H2,1-3H3. The highest BCUT2D eigenvalue weighted by molar-refractivity contribution is 5.84. The van der Waals surface area contributed by atoms with E-state index in [9.17, 15) is 14.9 Å². The van der Waals surface area contributed by atoms with Gasteiger partial charge in [0.15, 0.2) is 6.61 Å². The smallest absolute Gasteiger partial charge is 0.269 e. The Morgan fingerprint density at radius 2 is 2.00 bits per heavy atom. The van der Waals surface area contributed by atoms with E-state index in [1.165, 1.54) is 24.1 Å². The number of rotatable bonds is 5. The summed E-state index contributed by atoms with van der Waals surface area (Å²) in [5.74, 6) is 0.499. The molecule has 3 rings (SSSR count). The van der Waals surface area contributed by atoms with Crippen LogP contribution in [0, 0.1) is 17.0 Å². The number of aryl methyl sites for hydroxylation is 1. The summed E-state index contributed by atoms with van der Waals surface area (Å²) in [6, 6.07) is 13.4. The molecule has 0 radical (unpaired) electrons. The first-order chi connectivity index (χ1) is 12.8. The molecule has 0 saturated carbocycles. The Labute approximate surface area is 156 Å². The summed E-state index contributed by atoms with van der Waals surface area (Å²) in [5, 5.41) is 16.4. The number of amides is 1. The predicted octanol–water partition coefficient (Wildman–Crippen LogP) is 3.35. The molecule has 140 valence electrons. The molecule has 1 unspecified atom stereocenters. The van der Waals surface area contributed by atoms with E-state index >= 15 is 0 Å². The van der Waals surface area contributed by atoms with Gasteiger partial charge in [-0.15, -0.1) is 5.10 Å². The Kier molecular flexibility index (Phi) is 4.81. The van der Waals surface area contributed by atoms with Crippen molar-refractivity contribution in [3.05, 3.63) is 69.8 Å². The largest absolute Gasteiger partial charge is 0.484 e. The van der Waals surface area contributed by atoms with Gasteiger partial charge in [0.05, 0.1) is 4.92 Å². The first-order valence-corrected chi connectivity index (χ1v) is 8.31. The molecule has 2 aromatic carbocycles. The second-order valence-electron chi connectivity index (χ2n) is 6.32. The molecule has 0 aliphatic carbocycles. The summed E-state index contributed by atoms with van der Waals surface area (Å²) in [6.45, 7) is 4.99. The van der Waals surface area contributed by atoms with Crippen molar-refractivity contribution in [3.63, 3.8) is 0 Å². The van der Waals surface area contributed by atoms with Gasteiger partial charge in [-0.2, -0.15) is 5.01 Å². The number of nitrogens with zero attached hydrogens (tertiary/aromatic N) is 3. The number of hydrazone groups is 1. The molecule has 1 aliphatic heterocycles. The minimum absolute atomic E-state index is 0.0252. The van der Waals surface area contributed by atoms with E-state index in [1.807, 2.05) is 31.2 Å². The molecule has 8 heteroatoms. The van der Waals surface area contributed by atoms with E-state index in [0.29, 0.717) is 11.3 Å². The fourth-order valence-corrected chi connectivity index (χ4v) is 2.80. The molecule has 0 spiro atoms. The van der Waals surface area contributed by atoms with Crippen LogP contribution in [0.15, 0.2) is 53.6 Å². The van der Waals surface area contributed by atoms with Gasteiger partial charge in [0.2, 0.25) is 17.5 Å². The zero-order chi connectivity index (χ0) is 19.6. The third kappa shape index (κ3) is 3.74. The molecule has 0 fully saturated rings. The zero-order valence-electron chi connectivity index (χ0n) is 15.2. The Morgan fingerprint density at radius 1 is 1.30 bits per heavy atom. The minimum Gasteiger partial charge on any atom is -0.484 e.